The van der Waals surface area contributed by atoms with Crippen LogP contribution >= 0.6 is 11.6 Å². The molecule has 1 saturated heterocycles. The normalized spacial score (nSPS) is 19.8. The van der Waals surface area contributed by atoms with Gasteiger partial charge >= 0.3 is 0 Å². The van der Waals surface area contributed by atoms with Crippen molar-refractivity contribution in [3.05, 3.63) is 58.6 Å². The van der Waals surface area contributed by atoms with Crippen LogP contribution in [0.1, 0.15) is 5.56 Å². The Morgan fingerprint density at radius 3 is 2.50 bits per heavy atom. The number of carbonyl (C=O) groups excluding carboxylic acids is 1. The van der Waals surface area contributed by atoms with Gasteiger partial charge < -0.3 is 9.64 Å². The van der Waals surface area contributed by atoms with Gasteiger partial charge in [-0.25, -0.2) is 17.2 Å². The van der Waals surface area contributed by atoms with Crippen LogP contribution in [0.4, 0.5) is 8.78 Å². The molecule has 2 aliphatic rings. The summed E-state index contributed by atoms with van der Waals surface area (Å²) in [6.07, 6.45) is 0.494. The highest BCUT2D eigenvalue weighted by Crippen LogP contribution is 2.31. The van der Waals surface area contributed by atoms with Crippen molar-refractivity contribution in [2.75, 3.05) is 32.8 Å². The van der Waals surface area contributed by atoms with Crippen molar-refractivity contribution in [2.24, 2.45) is 5.92 Å². The fourth-order valence-electron chi connectivity index (χ4n) is 3.75. The van der Waals surface area contributed by atoms with Crippen LogP contribution in [0.2, 0.25) is 5.02 Å². The summed E-state index contributed by atoms with van der Waals surface area (Å²) in [7, 11) is -4.11. The minimum Gasteiger partial charge on any atom is -0.492 e. The van der Waals surface area contributed by atoms with E-state index in [-0.39, 0.29) is 44.6 Å². The van der Waals surface area contributed by atoms with Crippen LogP contribution < -0.4 is 4.74 Å². The van der Waals surface area contributed by atoms with Crippen LogP contribution in [0.15, 0.2) is 41.3 Å². The number of carbonyl (C=O) groups is 1. The number of fused-ring (bicyclic) bond motifs is 1. The minimum atomic E-state index is -4.11. The Labute approximate surface area is 178 Å². The molecule has 2 aromatic carbocycles. The van der Waals surface area contributed by atoms with E-state index in [1.54, 1.807) is 23.1 Å². The van der Waals surface area contributed by atoms with Crippen molar-refractivity contribution in [2.45, 2.75) is 11.3 Å². The zero-order valence-electron chi connectivity index (χ0n) is 15.9. The van der Waals surface area contributed by atoms with Crippen molar-refractivity contribution < 1.29 is 26.7 Å². The number of benzene rings is 2. The number of sulfonamides is 1. The summed E-state index contributed by atoms with van der Waals surface area (Å²) in [6, 6.07) is 7.64. The maximum Gasteiger partial charge on any atom is 0.246 e. The van der Waals surface area contributed by atoms with E-state index in [1.807, 2.05) is 0 Å². The monoisotopic (exact) mass is 456 g/mol. The third-order valence-electron chi connectivity index (χ3n) is 5.34. The summed E-state index contributed by atoms with van der Waals surface area (Å²) in [5, 5.41) is 0.567. The number of amides is 1. The first-order valence-electron chi connectivity index (χ1n) is 9.41. The molecule has 2 heterocycles. The Bertz CT molecular complexity index is 1090. The van der Waals surface area contributed by atoms with Crippen LogP contribution in [-0.4, -0.2) is 56.3 Å². The predicted molar refractivity (Wildman–Crippen MR) is 106 cm³/mol. The predicted octanol–water partition coefficient (Wildman–Crippen LogP) is 2.70. The molecule has 0 radical (unpaired) electrons. The van der Waals surface area contributed by atoms with E-state index in [0.717, 1.165) is 22.0 Å². The molecule has 0 spiro atoms. The molecule has 0 N–H and O–H groups in total. The fraction of sp³-hybridized carbons (Fsp3) is 0.350. The van der Waals surface area contributed by atoms with Crippen LogP contribution in [0.25, 0.3) is 0 Å². The average molecular weight is 457 g/mol. The lowest BCUT2D eigenvalue weighted by atomic mass is 9.95. The lowest BCUT2D eigenvalue weighted by Crippen LogP contribution is -2.53. The highest BCUT2D eigenvalue weighted by atomic mass is 35.5. The van der Waals surface area contributed by atoms with E-state index in [1.165, 1.54) is 0 Å². The summed E-state index contributed by atoms with van der Waals surface area (Å²) < 4.78 is 59.2. The molecule has 1 atom stereocenters. The summed E-state index contributed by atoms with van der Waals surface area (Å²) >= 11 is 6.02. The SMILES string of the molecule is O=C([C@@H]1COc2ccc(Cl)cc2C1)N1CCN(S(=O)(=O)c2ccc(F)cc2F)CC1. The molecule has 2 aliphatic heterocycles. The van der Waals surface area contributed by atoms with Crippen molar-refractivity contribution in [1.82, 2.24) is 9.21 Å². The zero-order chi connectivity index (χ0) is 21.5. The van der Waals surface area contributed by atoms with Gasteiger partial charge in [0.25, 0.3) is 0 Å². The van der Waals surface area contributed by atoms with Gasteiger partial charge in [0.05, 0.1) is 5.92 Å². The Morgan fingerprint density at radius 2 is 1.80 bits per heavy atom. The van der Waals surface area contributed by atoms with E-state index in [9.17, 15) is 22.0 Å². The Morgan fingerprint density at radius 1 is 1.07 bits per heavy atom. The number of hydrogen-bond acceptors (Lipinski definition) is 4. The lowest BCUT2D eigenvalue weighted by Gasteiger charge is -2.36. The quantitative estimate of drug-likeness (QED) is 0.712. The van der Waals surface area contributed by atoms with Crippen molar-refractivity contribution in [3.8, 4) is 5.75 Å². The van der Waals surface area contributed by atoms with Crippen molar-refractivity contribution in [3.63, 3.8) is 0 Å². The molecule has 0 unspecified atom stereocenters. The molecular formula is C20H19ClF2N2O4S. The molecule has 2 aromatic rings. The highest BCUT2D eigenvalue weighted by Gasteiger charge is 2.35. The van der Waals surface area contributed by atoms with Gasteiger partial charge in [0, 0.05) is 37.3 Å². The number of hydrogen-bond donors (Lipinski definition) is 0. The Hall–Kier alpha value is -2.23. The molecule has 1 fully saturated rings. The molecule has 10 heteroatoms. The molecule has 0 saturated carbocycles. The number of rotatable bonds is 3. The van der Waals surface area contributed by atoms with Gasteiger partial charge in [0.2, 0.25) is 15.9 Å². The minimum absolute atomic E-state index is 0.0287. The molecule has 0 bridgehead atoms. The second-order valence-corrected chi connectivity index (χ2v) is 9.61. The van der Waals surface area contributed by atoms with Gasteiger partial charge in [-0.1, -0.05) is 11.6 Å². The van der Waals surface area contributed by atoms with Gasteiger partial charge in [-0.15, -0.1) is 0 Å². The van der Waals surface area contributed by atoms with Crippen LogP contribution in [0.5, 0.6) is 5.75 Å². The first-order chi connectivity index (χ1) is 14.3. The lowest BCUT2D eigenvalue weighted by molar-refractivity contribution is -0.138. The van der Waals surface area contributed by atoms with E-state index in [4.69, 9.17) is 16.3 Å². The average Bonchev–Trinajstić information content (AvgIpc) is 2.72. The van der Waals surface area contributed by atoms with Crippen molar-refractivity contribution in [1.29, 1.82) is 0 Å². The summed E-state index contributed by atoms with van der Waals surface area (Å²) in [4.78, 5) is 13.9. The largest absolute Gasteiger partial charge is 0.492 e. The second kappa shape index (κ2) is 8.13. The second-order valence-electron chi connectivity index (χ2n) is 7.27. The molecule has 6 nitrogen and oxygen atoms in total. The van der Waals surface area contributed by atoms with Gasteiger partial charge in [-0.05, 0) is 42.3 Å². The Balaban J connectivity index is 1.41. The zero-order valence-corrected chi connectivity index (χ0v) is 17.4. The first kappa shape index (κ1) is 21.0. The van der Waals surface area contributed by atoms with E-state index < -0.39 is 26.6 Å². The highest BCUT2D eigenvalue weighted by molar-refractivity contribution is 7.89. The van der Waals surface area contributed by atoms with Gasteiger partial charge in [0.1, 0.15) is 28.9 Å². The summed E-state index contributed by atoms with van der Waals surface area (Å²) in [6.45, 7) is 0.661. The molecule has 0 aromatic heterocycles. The fourth-order valence-corrected chi connectivity index (χ4v) is 5.41. The number of nitrogens with zero attached hydrogens (tertiary/aromatic N) is 2. The Kier molecular flexibility index (Phi) is 5.69. The van der Waals surface area contributed by atoms with Gasteiger partial charge in [-0.3, -0.25) is 4.79 Å². The third kappa shape index (κ3) is 4.01. The van der Waals surface area contributed by atoms with Crippen LogP contribution in [0.3, 0.4) is 0 Å². The maximum absolute atomic E-state index is 14.0. The van der Waals surface area contributed by atoms with E-state index >= 15 is 0 Å². The number of halogens is 3. The maximum atomic E-state index is 14.0. The molecule has 160 valence electrons. The topological polar surface area (TPSA) is 66.9 Å². The molecule has 4 rings (SSSR count). The molecule has 1 amide bonds. The van der Waals surface area contributed by atoms with E-state index in [2.05, 4.69) is 0 Å². The molecular weight excluding hydrogens is 438 g/mol. The number of ether oxygens (including phenoxy) is 1. The van der Waals surface area contributed by atoms with Gasteiger partial charge in [0.15, 0.2) is 0 Å². The van der Waals surface area contributed by atoms with Crippen LogP contribution in [0, 0.1) is 17.6 Å². The molecule has 30 heavy (non-hydrogen) atoms. The summed E-state index contributed by atoms with van der Waals surface area (Å²) in [5.41, 5.74) is 0.861. The smallest absolute Gasteiger partial charge is 0.246 e. The van der Waals surface area contributed by atoms with E-state index in [0.29, 0.717) is 23.3 Å². The number of piperazine rings is 1. The van der Waals surface area contributed by atoms with Crippen LogP contribution in [-0.2, 0) is 21.2 Å². The van der Waals surface area contributed by atoms with Gasteiger partial charge in [-0.2, -0.15) is 4.31 Å². The standard InChI is InChI=1S/C20H19ClF2N2O4S/c21-15-1-3-18-13(10-15)9-14(12-29-18)20(26)24-5-7-25(8-6-24)30(27,28)19-4-2-16(22)11-17(19)23/h1-4,10-11,14H,5-9,12H2/t14-/m0/s1. The molecule has 0 aliphatic carbocycles. The summed E-state index contributed by atoms with van der Waals surface area (Å²) in [5.74, 6) is -1.77. The first-order valence-corrected chi connectivity index (χ1v) is 11.2. The van der Waals surface area contributed by atoms with Crippen molar-refractivity contribution >= 4 is 27.5 Å². The third-order valence-corrected chi connectivity index (χ3v) is 7.51.